The molecular weight excluding hydrogens is 873 g/mol. The highest BCUT2D eigenvalue weighted by atomic mass is 16.5. The molecular formula is C54H70N8O7. The zero-order valence-electron chi connectivity index (χ0n) is 41.7. The summed E-state index contributed by atoms with van der Waals surface area (Å²) in [7, 11) is 3.34. The van der Waals surface area contributed by atoms with Crippen LogP contribution in [0.25, 0.3) is 33.3 Å². The van der Waals surface area contributed by atoms with Gasteiger partial charge in [0, 0.05) is 75.2 Å². The number of nitrogens with one attached hydrogen (secondary N) is 3. The molecule has 368 valence electrons. The third kappa shape index (κ3) is 10.2. The summed E-state index contributed by atoms with van der Waals surface area (Å²) in [4.78, 5) is 78.0. The number of ether oxygens (including phenoxy) is 2. The van der Waals surface area contributed by atoms with Crippen molar-refractivity contribution in [1.82, 2.24) is 40.4 Å². The van der Waals surface area contributed by atoms with Gasteiger partial charge in [0.15, 0.2) is 0 Å². The second kappa shape index (κ2) is 20.6. The van der Waals surface area contributed by atoms with Crippen molar-refractivity contribution in [2.75, 3.05) is 46.9 Å². The predicted octanol–water partition coefficient (Wildman–Crippen LogP) is 5.91. The Bertz CT molecular complexity index is 2640. The van der Waals surface area contributed by atoms with E-state index in [9.17, 15) is 24.0 Å². The number of nitrogens with zero attached hydrogens (tertiary/aromatic N) is 5. The quantitative estimate of drug-likeness (QED) is 0.129. The number of carbonyl (C=O) groups is 5. The highest BCUT2D eigenvalue weighted by Gasteiger charge is 2.40. The fourth-order valence-electron chi connectivity index (χ4n) is 10.9. The molecule has 4 aromatic rings. The van der Waals surface area contributed by atoms with Crippen molar-refractivity contribution in [3.8, 4) is 22.4 Å². The van der Waals surface area contributed by atoms with Gasteiger partial charge in [0.1, 0.15) is 18.1 Å². The van der Waals surface area contributed by atoms with Crippen LogP contribution in [0.15, 0.2) is 61.2 Å². The van der Waals surface area contributed by atoms with E-state index in [1.165, 1.54) is 21.5 Å². The van der Waals surface area contributed by atoms with E-state index in [1.54, 1.807) is 19.1 Å². The lowest BCUT2D eigenvalue weighted by molar-refractivity contribution is -0.155. The molecule has 3 N–H and O–H groups in total. The van der Waals surface area contributed by atoms with Crippen LogP contribution < -0.4 is 16.1 Å². The first kappa shape index (κ1) is 49.5. The van der Waals surface area contributed by atoms with Crippen LogP contribution in [-0.2, 0) is 65.8 Å². The number of hydrogen-bond donors (Lipinski definition) is 3. The molecule has 2 saturated heterocycles. The van der Waals surface area contributed by atoms with Crippen molar-refractivity contribution in [3.05, 3.63) is 89.3 Å². The lowest BCUT2D eigenvalue weighted by Crippen LogP contribution is -2.62. The van der Waals surface area contributed by atoms with E-state index in [0.29, 0.717) is 51.9 Å². The molecule has 0 radical (unpaired) electrons. The Kier molecular flexibility index (Phi) is 14.8. The van der Waals surface area contributed by atoms with Gasteiger partial charge in [0.2, 0.25) is 17.7 Å². The van der Waals surface area contributed by atoms with E-state index < -0.39 is 47.2 Å². The molecule has 69 heavy (non-hydrogen) atoms. The van der Waals surface area contributed by atoms with Gasteiger partial charge in [-0.3, -0.25) is 34.0 Å². The summed E-state index contributed by atoms with van der Waals surface area (Å²) in [5.74, 6) is -2.55. The van der Waals surface area contributed by atoms with Crippen LogP contribution in [-0.4, -0.2) is 119 Å². The van der Waals surface area contributed by atoms with Crippen LogP contribution >= 0.6 is 0 Å². The number of hydrazine groups is 1. The molecule has 4 amide bonds. The molecule has 2 fully saturated rings. The van der Waals surface area contributed by atoms with Gasteiger partial charge in [-0.05, 0) is 111 Å². The molecule has 0 spiro atoms. The van der Waals surface area contributed by atoms with Gasteiger partial charge in [-0.1, -0.05) is 64.6 Å². The summed E-state index contributed by atoms with van der Waals surface area (Å²) in [5, 5.41) is 9.09. The van der Waals surface area contributed by atoms with Crippen molar-refractivity contribution in [3.63, 3.8) is 0 Å². The van der Waals surface area contributed by atoms with Gasteiger partial charge in [-0.2, -0.15) is 0 Å². The fraction of sp³-hybridized carbons (Fsp3) is 0.519. The smallest absolute Gasteiger partial charge is 0.324 e. The lowest BCUT2D eigenvalue weighted by Gasteiger charge is -2.37. The monoisotopic (exact) mass is 943 g/mol. The number of carbonyl (C=O) groups excluding carboxylic acids is 5. The Morgan fingerprint density at radius 1 is 1.07 bits per heavy atom. The topological polar surface area (TPSA) is 167 Å². The number of likely N-dealkylation sites (N-methyl/N-ethyl adjacent to an activating group) is 1. The van der Waals surface area contributed by atoms with Crippen LogP contribution in [0.3, 0.4) is 0 Å². The molecule has 4 aliphatic rings. The SMILES string of the molecule is C=CC(=O)N1CC[C@H](C(=O)N(C)[C@H](C(=O)N[C@H]2Cc3cccc(c3)-c3ccc4c(c3)c(c(-c3cc5c(nc3[C@H](C)OC)CNCC5)n4CC)CC(C)(C)COC(=O)[C@@H]3CCCN(N3)C2=O)C(C)C)C1. The summed E-state index contributed by atoms with van der Waals surface area (Å²) < 4.78 is 14.6. The first-order valence-electron chi connectivity index (χ1n) is 24.8. The molecule has 6 bridgehead atoms. The average molecular weight is 943 g/mol. The zero-order valence-corrected chi connectivity index (χ0v) is 41.7. The molecule has 15 heteroatoms. The fourth-order valence-corrected chi connectivity index (χ4v) is 10.9. The Morgan fingerprint density at radius 3 is 2.59 bits per heavy atom. The third-order valence-electron chi connectivity index (χ3n) is 14.6. The van der Waals surface area contributed by atoms with E-state index in [4.69, 9.17) is 14.5 Å². The molecule has 2 aromatic heterocycles. The zero-order chi connectivity index (χ0) is 49.3. The number of rotatable bonds is 10. The van der Waals surface area contributed by atoms with Crippen LogP contribution in [0.5, 0.6) is 0 Å². The number of likely N-dealkylation sites (tertiary alicyclic amines) is 1. The molecule has 6 heterocycles. The molecule has 0 unspecified atom stereocenters. The molecule has 5 atom stereocenters. The van der Waals surface area contributed by atoms with Crippen LogP contribution in [0, 0.1) is 17.3 Å². The minimum absolute atomic E-state index is 0.137. The highest BCUT2D eigenvalue weighted by Crippen LogP contribution is 2.43. The maximum absolute atomic E-state index is 14.8. The number of amides is 4. The van der Waals surface area contributed by atoms with E-state index >= 15 is 0 Å². The summed E-state index contributed by atoms with van der Waals surface area (Å²) in [6, 6.07) is 14.2. The van der Waals surface area contributed by atoms with Crippen molar-refractivity contribution in [2.24, 2.45) is 17.3 Å². The number of cyclic esters (lactones) is 1. The summed E-state index contributed by atoms with van der Waals surface area (Å²) in [6.45, 7) is 19.2. The van der Waals surface area contributed by atoms with E-state index in [1.807, 2.05) is 32.9 Å². The number of aromatic nitrogens is 2. The van der Waals surface area contributed by atoms with Crippen molar-refractivity contribution < 1.29 is 33.4 Å². The number of aryl methyl sites for hydroxylation is 1. The minimum Gasteiger partial charge on any atom is -0.464 e. The first-order chi connectivity index (χ1) is 33.0. The number of esters is 1. The van der Waals surface area contributed by atoms with Gasteiger partial charge in [-0.25, -0.2) is 5.43 Å². The molecule has 2 aromatic carbocycles. The lowest BCUT2D eigenvalue weighted by atomic mass is 9.83. The third-order valence-corrected chi connectivity index (χ3v) is 14.6. The number of methoxy groups -OCH3 is 1. The van der Waals surface area contributed by atoms with Crippen LogP contribution in [0.1, 0.15) is 95.0 Å². The largest absolute Gasteiger partial charge is 0.464 e. The number of fused-ring (bicyclic) bond motifs is 7. The average Bonchev–Trinajstić information content (AvgIpc) is 3.96. The molecule has 15 nitrogen and oxygen atoms in total. The Labute approximate surface area is 406 Å². The molecule has 0 aliphatic carbocycles. The number of hydrogen-bond acceptors (Lipinski definition) is 10. The van der Waals surface area contributed by atoms with Crippen molar-refractivity contribution in [1.29, 1.82) is 0 Å². The first-order valence-corrected chi connectivity index (χ1v) is 24.8. The van der Waals surface area contributed by atoms with Crippen LogP contribution in [0.4, 0.5) is 0 Å². The normalized spacial score (nSPS) is 21.6. The Balaban J connectivity index is 1.20. The Morgan fingerprint density at radius 2 is 1.86 bits per heavy atom. The van der Waals surface area contributed by atoms with Gasteiger partial charge in [-0.15, -0.1) is 0 Å². The molecule has 8 rings (SSSR count). The van der Waals surface area contributed by atoms with Gasteiger partial charge >= 0.3 is 5.97 Å². The maximum Gasteiger partial charge on any atom is 0.324 e. The van der Waals surface area contributed by atoms with E-state index in [2.05, 4.69) is 84.4 Å². The highest BCUT2D eigenvalue weighted by molar-refractivity contribution is 5.96. The predicted molar refractivity (Wildman–Crippen MR) is 265 cm³/mol. The molecule has 0 saturated carbocycles. The summed E-state index contributed by atoms with van der Waals surface area (Å²) >= 11 is 0. The number of pyridine rings is 1. The van der Waals surface area contributed by atoms with Gasteiger partial charge in [0.05, 0.1) is 35.7 Å². The standard InChI is InChI=1S/C54H70N8O7/c1-10-46(63)60-23-20-38(30-60)51(65)59(8)48(32(3)4)50(64)57-43-25-34-14-12-15-35(24-34)36-17-18-45-39(26-36)41(28-54(6,7)31-69-53(67)42-16-13-22-62(58-42)52(43)66)49(61(45)11-2)40-27-37-19-21-55-29-44(37)56-47(40)33(5)68-9/h10,12,14-15,17-18,24,26-27,32-33,38,42-43,48,55,58H,1,11,13,16,19-23,25,28-31H2,2-9H3,(H,57,64)/t33-,38-,42-,43-,48-/m0/s1. The second-order valence-corrected chi connectivity index (χ2v) is 20.5. The number of benzene rings is 2. The van der Waals surface area contributed by atoms with E-state index in [0.717, 1.165) is 68.8 Å². The maximum atomic E-state index is 14.8. The van der Waals surface area contributed by atoms with Crippen molar-refractivity contribution >= 4 is 40.5 Å². The van der Waals surface area contributed by atoms with E-state index in [-0.39, 0.29) is 43.4 Å². The Hall–Kier alpha value is -5.90. The summed E-state index contributed by atoms with van der Waals surface area (Å²) in [6.07, 6.45) is 4.09. The van der Waals surface area contributed by atoms with Gasteiger partial charge < -0.3 is 34.5 Å². The second-order valence-electron chi connectivity index (χ2n) is 20.5. The minimum atomic E-state index is -1.05. The van der Waals surface area contributed by atoms with Crippen LogP contribution in [0.2, 0.25) is 0 Å². The molecule has 4 aliphatic heterocycles. The summed E-state index contributed by atoms with van der Waals surface area (Å²) in [5.41, 5.74) is 12.9. The van der Waals surface area contributed by atoms with Crippen molar-refractivity contribution in [2.45, 2.75) is 117 Å². The van der Waals surface area contributed by atoms with Gasteiger partial charge in [0.25, 0.3) is 5.91 Å².